The SMILES string of the molecule is C=C(C)C(=O)OCCCCC(O[SiH3])(O[Si](C)(C)C)O[Si](C)(C)C. The number of rotatable bonds is 11. The minimum Gasteiger partial charge on any atom is -0.462 e. The van der Waals surface area contributed by atoms with Crippen LogP contribution in [-0.2, 0) is 22.8 Å². The molecule has 0 aromatic heterocycles. The predicted molar refractivity (Wildman–Crippen MR) is 102 cm³/mol. The van der Waals surface area contributed by atoms with Crippen molar-refractivity contribution in [2.24, 2.45) is 0 Å². The minimum absolute atomic E-state index is 0.341. The molecule has 0 rings (SSSR count). The highest BCUT2D eigenvalue weighted by Crippen LogP contribution is 2.29. The van der Waals surface area contributed by atoms with Crippen molar-refractivity contribution in [3.8, 4) is 0 Å². The number of ether oxygens (including phenoxy) is 1. The number of hydrogen-bond donors (Lipinski definition) is 0. The van der Waals surface area contributed by atoms with Gasteiger partial charge in [0.15, 0.2) is 27.1 Å². The molecule has 23 heavy (non-hydrogen) atoms. The van der Waals surface area contributed by atoms with Crippen LogP contribution in [0.3, 0.4) is 0 Å². The summed E-state index contributed by atoms with van der Waals surface area (Å²) in [5.41, 5.74) is 0.423. The fourth-order valence-corrected chi connectivity index (χ4v) is 5.08. The van der Waals surface area contributed by atoms with Gasteiger partial charge in [-0.2, -0.15) is 0 Å². The second kappa shape index (κ2) is 9.28. The van der Waals surface area contributed by atoms with E-state index in [1.165, 1.54) is 0 Å². The summed E-state index contributed by atoms with van der Waals surface area (Å²) in [4.78, 5) is 11.4. The maximum atomic E-state index is 11.4. The van der Waals surface area contributed by atoms with Crippen LogP contribution in [0.15, 0.2) is 12.2 Å². The van der Waals surface area contributed by atoms with Crippen LogP contribution in [0.5, 0.6) is 0 Å². The predicted octanol–water partition coefficient (Wildman–Crippen LogP) is 2.93. The molecule has 5 nitrogen and oxygen atoms in total. The molecule has 0 aromatic rings. The van der Waals surface area contributed by atoms with Crippen LogP contribution >= 0.6 is 0 Å². The second-order valence-electron chi connectivity index (χ2n) is 7.69. The third-order valence-electron chi connectivity index (χ3n) is 2.69. The Hall–Kier alpha value is -0.259. The molecule has 0 aromatic carbocycles. The summed E-state index contributed by atoms with van der Waals surface area (Å²) in [5, 5.41) is 0. The largest absolute Gasteiger partial charge is 0.462 e. The van der Waals surface area contributed by atoms with Gasteiger partial charge in [-0.05, 0) is 59.0 Å². The van der Waals surface area contributed by atoms with E-state index in [-0.39, 0.29) is 5.97 Å². The molecule has 0 spiro atoms. The second-order valence-corrected chi connectivity index (χ2v) is 17.0. The van der Waals surface area contributed by atoms with Crippen molar-refractivity contribution in [3.05, 3.63) is 12.2 Å². The normalized spacial score (nSPS) is 13.2. The first kappa shape index (κ1) is 22.7. The van der Waals surface area contributed by atoms with E-state index in [9.17, 15) is 4.79 Å². The fraction of sp³-hybridized carbons (Fsp3) is 0.800. The van der Waals surface area contributed by atoms with Gasteiger partial charge in [-0.15, -0.1) is 0 Å². The Bertz CT molecular complexity index is 383. The molecular weight excluding hydrogens is 344 g/mol. The fourth-order valence-electron chi connectivity index (χ4n) is 1.97. The van der Waals surface area contributed by atoms with E-state index in [0.717, 1.165) is 12.8 Å². The molecule has 0 saturated heterocycles. The Morgan fingerprint density at radius 3 is 1.87 bits per heavy atom. The maximum Gasteiger partial charge on any atom is 0.333 e. The summed E-state index contributed by atoms with van der Waals surface area (Å²) in [6.45, 7) is 18.4. The number of hydrogen-bond acceptors (Lipinski definition) is 5. The van der Waals surface area contributed by atoms with Crippen molar-refractivity contribution in [2.45, 2.75) is 71.4 Å². The Morgan fingerprint density at radius 2 is 1.52 bits per heavy atom. The first-order valence-corrected chi connectivity index (χ1v) is 15.7. The highest BCUT2D eigenvalue weighted by Gasteiger charge is 2.40. The molecule has 0 aliphatic heterocycles. The van der Waals surface area contributed by atoms with Crippen LogP contribution in [0.2, 0.25) is 39.3 Å². The Kier molecular flexibility index (Phi) is 9.18. The lowest BCUT2D eigenvalue weighted by molar-refractivity contribution is -0.267. The molecule has 136 valence electrons. The van der Waals surface area contributed by atoms with Crippen LogP contribution in [0.4, 0.5) is 0 Å². The lowest BCUT2D eigenvalue weighted by Crippen LogP contribution is -2.51. The molecule has 0 unspecified atom stereocenters. The van der Waals surface area contributed by atoms with E-state index in [2.05, 4.69) is 45.9 Å². The van der Waals surface area contributed by atoms with Gasteiger partial charge < -0.3 is 18.0 Å². The standard InChI is InChI=1S/C15H34O5Si3/c1-13(2)14(16)17-12-10-9-11-15(18-21,19-22(3,4)5)20-23(6,7)8/h1,9-12H2,2-8,21H3. The Labute approximate surface area is 146 Å². The molecule has 0 aliphatic carbocycles. The van der Waals surface area contributed by atoms with Gasteiger partial charge >= 0.3 is 5.97 Å². The average Bonchev–Trinajstić information content (AvgIpc) is 2.33. The molecule has 0 atom stereocenters. The van der Waals surface area contributed by atoms with Crippen molar-refractivity contribution in [1.29, 1.82) is 0 Å². The van der Waals surface area contributed by atoms with Crippen molar-refractivity contribution >= 4 is 33.1 Å². The van der Waals surface area contributed by atoms with E-state index in [0.29, 0.717) is 29.1 Å². The first-order valence-electron chi connectivity index (χ1n) is 8.08. The maximum absolute atomic E-state index is 11.4. The van der Waals surface area contributed by atoms with E-state index >= 15 is 0 Å². The number of esters is 1. The summed E-state index contributed by atoms with van der Waals surface area (Å²) in [6, 6.07) is 0. The topological polar surface area (TPSA) is 54.0 Å². The summed E-state index contributed by atoms with van der Waals surface area (Å²) < 4.78 is 23.4. The molecule has 0 N–H and O–H groups in total. The highest BCUT2D eigenvalue weighted by atomic mass is 28.4. The molecule has 0 radical (unpaired) electrons. The smallest absolute Gasteiger partial charge is 0.333 e. The van der Waals surface area contributed by atoms with Crippen LogP contribution in [0, 0.1) is 0 Å². The van der Waals surface area contributed by atoms with Crippen LogP contribution < -0.4 is 0 Å². The third-order valence-corrected chi connectivity index (χ3v) is 5.16. The van der Waals surface area contributed by atoms with Gasteiger partial charge in [0.25, 0.3) is 5.97 Å². The molecule has 0 fully saturated rings. The molecule has 0 aliphatic rings. The van der Waals surface area contributed by atoms with Crippen molar-refractivity contribution in [2.75, 3.05) is 6.61 Å². The monoisotopic (exact) mass is 378 g/mol. The molecule has 0 bridgehead atoms. The zero-order chi connectivity index (χ0) is 18.3. The first-order chi connectivity index (χ1) is 10.3. The molecular formula is C15H34O5Si3. The van der Waals surface area contributed by atoms with Crippen LogP contribution in [-0.4, -0.2) is 45.7 Å². The van der Waals surface area contributed by atoms with Crippen molar-refractivity contribution < 1.29 is 22.8 Å². The number of carbonyl (C=O) groups excluding carboxylic acids is 1. The van der Waals surface area contributed by atoms with Crippen molar-refractivity contribution in [3.63, 3.8) is 0 Å². The van der Waals surface area contributed by atoms with Gasteiger partial charge in [-0.25, -0.2) is 4.79 Å². The third kappa shape index (κ3) is 11.0. The van der Waals surface area contributed by atoms with Gasteiger partial charge in [0, 0.05) is 12.0 Å². The van der Waals surface area contributed by atoms with Crippen LogP contribution in [0.1, 0.15) is 26.2 Å². The van der Waals surface area contributed by atoms with Gasteiger partial charge in [0.2, 0.25) is 0 Å². The van der Waals surface area contributed by atoms with E-state index in [1.54, 1.807) is 6.92 Å². The summed E-state index contributed by atoms with van der Waals surface area (Å²) in [5.74, 6) is -1.27. The quantitative estimate of drug-likeness (QED) is 0.182. The van der Waals surface area contributed by atoms with Crippen LogP contribution in [0.25, 0.3) is 0 Å². The summed E-state index contributed by atoms with van der Waals surface area (Å²) in [6.07, 6.45) is 2.20. The van der Waals surface area contributed by atoms with Gasteiger partial charge in [-0.1, -0.05) is 6.58 Å². The molecule has 0 amide bonds. The lowest BCUT2D eigenvalue weighted by Gasteiger charge is -2.42. The van der Waals surface area contributed by atoms with Crippen molar-refractivity contribution in [1.82, 2.24) is 0 Å². The zero-order valence-corrected chi connectivity index (χ0v) is 20.1. The zero-order valence-electron chi connectivity index (χ0n) is 16.1. The number of unbranched alkanes of at least 4 members (excludes halogenated alkanes) is 1. The minimum atomic E-state index is -1.82. The van der Waals surface area contributed by atoms with E-state index in [1.807, 2.05) is 0 Å². The molecule has 0 saturated carbocycles. The van der Waals surface area contributed by atoms with E-state index in [4.69, 9.17) is 18.0 Å². The summed E-state index contributed by atoms with van der Waals surface area (Å²) >= 11 is 0. The Balaban J connectivity index is 4.64. The molecule has 0 heterocycles. The summed E-state index contributed by atoms with van der Waals surface area (Å²) in [7, 11) is -3.09. The van der Waals surface area contributed by atoms with Gasteiger partial charge in [0.05, 0.1) is 6.61 Å². The highest BCUT2D eigenvalue weighted by molar-refractivity contribution is 6.71. The van der Waals surface area contributed by atoms with Gasteiger partial charge in [0.1, 0.15) is 0 Å². The number of carbonyl (C=O) groups is 1. The van der Waals surface area contributed by atoms with E-state index < -0.39 is 22.6 Å². The lowest BCUT2D eigenvalue weighted by atomic mass is 10.2. The Morgan fingerprint density at radius 1 is 1.04 bits per heavy atom. The van der Waals surface area contributed by atoms with Gasteiger partial charge in [-0.3, -0.25) is 0 Å². The average molecular weight is 379 g/mol. The molecule has 8 heteroatoms.